The minimum absolute atomic E-state index is 0.00424. The van der Waals surface area contributed by atoms with Crippen LogP contribution in [0.4, 0.5) is 5.82 Å². The van der Waals surface area contributed by atoms with Crippen LogP contribution in [0.2, 0.25) is 0 Å². The average molecular weight is 224 g/mol. The summed E-state index contributed by atoms with van der Waals surface area (Å²) in [6.45, 7) is 4.59. The third-order valence-corrected chi connectivity index (χ3v) is 3.20. The molecular formula is C10H16N4O2. The van der Waals surface area contributed by atoms with Crippen LogP contribution in [-0.2, 0) is 4.74 Å². The van der Waals surface area contributed by atoms with Crippen LogP contribution in [0, 0.1) is 0 Å². The van der Waals surface area contributed by atoms with Gasteiger partial charge in [-0.25, -0.2) is 0 Å². The van der Waals surface area contributed by atoms with Crippen molar-refractivity contribution in [2.45, 2.75) is 31.9 Å². The number of rotatable bonds is 2. The fourth-order valence-corrected chi connectivity index (χ4v) is 1.80. The molecule has 1 saturated heterocycles. The summed E-state index contributed by atoms with van der Waals surface area (Å²) in [5, 5.41) is 9.20. The molecule has 1 aromatic rings. The molecule has 2 unspecified atom stereocenters. The summed E-state index contributed by atoms with van der Waals surface area (Å²) in [6, 6.07) is 0. The summed E-state index contributed by atoms with van der Waals surface area (Å²) in [6.07, 6.45) is 2.23. The summed E-state index contributed by atoms with van der Waals surface area (Å²) in [5.41, 5.74) is 5.63. The molecule has 0 aromatic carbocycles. The molecule has 1 aromatic heterocycles. The summed E-state index contributed by atoms with van der Waals surface area (Å²) in [4.78, 5) is 11.9. The molecule has 2 heterocycles. The van der Waals surface area contributed by atoms with Gasteiger partial charge < -0.3 is 15.8 Å². The lowest BCUT2D eigenvalue weighted by Crippen LogP contribution is -2.50. The molecule has 2 rings (SSSR count). The van der Waals surface area contributed by atoms with E-state index in [0.29, 0.717) is 12.2 Å². The van der Waals surface area contributed by atoms with Gasteiger partial charge in [0.05, 0.1) is 17.8 Å². The molecule has 6 heteroatoms. The van der Waals surface area contributed by atoms with Crippen LogP contribution in [0.15, 0.2) is 6.20 Å². The second-order valence-electron chi connectivity index (χ2n) is 4.33. The van der Waals surface area contributed by atoms with Gasteiger partial charge in [0.2, 0.25) is 0 Å². The summed E-state index contributed by atoms with van der Waals surface area (Å²) in [5.74, 6) is 0.0683. The highest BCUT2D eigenvalue weighted by Crippen LogP contribution is 2.25. The smallest absolute Gasteiger partial charge is 0.257 e. The molecule has 1 aliphatic rings. The van der Waals surface area contributed by atoms with E-state index in [0.717, 1.165) is 6.42 Å². The number of hydrogen-bond donors (Lipinski definition) is 3. The van der Waals surface area contributed by atoms with E-state index in [1.165, 1.54) is 6.20 Å². The molecule has 1 fully saturated rings. The van der Waals surface area contributed by atoms with Crippen molar-refractivity contribution in [1.82, 2.24) is 15.5 Å². The van der Waals surface area contributed by atoms with Crippen LogP contribution in [0.3, 0.4) is 0 Å². The number of anilines is 1. The van der Waals surface area contributed by atoms with Gasteiger partial charge in [-0.05, 0) is 20.3 Å². The first-order chi connectivity index (χ1) is 7.53. The summed E-state index contributed by atoms with van der Waals surface area (Å²) >= 11 is 0. The van der Waals surface area contributed by atoms with Gasteiger partial charge in [-0.3, -0.25) is 9.89 Å². The number of carbonyl (C=O) groups is 1. The Hall–Kier alpha value is -1.56. The molecule has 0 bridgehead atoms. The van der Waals surface area contributed by atoms with Crippen LogP contribution in [0.25, 0.3) is 0 Å². The fourth-order valence-electron chi connectivity index (χ4n) is 1.80. The number of amides is 1. The van der Waals surface area contributed by atoms with E-state index >= 15 is 0 Å². The standard InChI is InChI=1S/C10H16N4O2/c1-6-10(2,3-4-16-6)13-9(15)7-5-12-14-8(7)11/h5-6H,3-4H2,1-2H3,(H,13,15)(H3,11,12,14). The highest BCUT2D eigenvalue weighted by Gasteiger charge is 2.38. The molecule has 16 heavy (non-hydrogen) atoms. The van der Waals surface area contributed by atoms with Crippen molar-refractivity contribution in [1.29, 1.82) is 0 Å². The van der Waals surface area contributed by atoms with Crippen molar-refractivity contribution in [2.24, 2.45) is 0 Å². The molecule has 2 atom stereocenters. The number of carbonyl (C=O) groups excluding carboxylic acids is 1. The van der Waals surface area contributed by atoms with Gasteiger partial charge in [0.25, 0.3) is 5.91 Å². The topological polar surface area (TPSA) is 93.0 Å². The highest BCUT2D eigenvalue weighted by molar-refractivity contribution is 5.98. The quantitative estimate of drug-likeness (QED) is 0.673. The lowest BCUT2D eigenvalue weighted by Gasteiger charge is -2.28. The summed E-state index contributed by atoms with van der Waals surface area (Å²) in [7, 11) is 0. The number of hydrogen-bond acceptors (Lipinski definition) is 4. The maximum atomic E-state index is 11.9. The minimum Gasteiger partial charge on any atom is -0.383 e. The molecule has 1 amide bonds. The molecule has 88 valence electrons. The largest absolute Gasteiger partial charge is 0.383 e. The second-order valence-corrected chi connectivity index (χ2v) is 4.33. The van der Waals surface area contributed by atoms with Gasteiger partial charge in [0.1, 0.15) is 11.4 Å². The second kappa shape index (κ2) is 3.79. The molecule has 0 saturated carbocycles. The van der Waals surface area contributed by atoms with Crippen molar-refractivity contribution in [3.63, 3.8) is 0 Å². The highest BCUT2D eigenvalue weighted by atomic mass is 16.5. The van der Waals surface area contributed by atoms with E-state index in [1.807, 2.05) is 13.8 Å². The van der Waals surface area contributed by atoms with Gasteiger partial charge in [-0.15, -0.1) is 0 Å². The zero-order valence-corrected chi connectivity index (χ0v) is 9.41. The predicted molar refractivity (Wildman–Crippen MR) is 58.9 cm³/mol. The van der Waals surface area contributed by atoms with E-state index in [-0.39, 0.29) is 23.4 Å². The normalized spacial score (nSPS) is 29.2. The lowest BCUT2D eigenvalue weighted by atomic mass is 9.94. The number of nitrogen functional groups attached to an aromatic ring is 1. The van der Waals surface area contributed by atoms with Gasteiger partial charge in [-0.2, -0.15) is 5.10 Å². The first kappa shape index (κ1) is 10.9. The third kappa shape index (κ3) is 1.76. The van der Waals surface area contributed by atoms with Crippen LogP contribution in [0.5, 0.6) is 0 Å². The molecule has 4 N–H and O–H groups in total. The Kier molecular flexibility index (Phi) is 2.59. The number of aromatic nitrogens is 2. The van der Waals surface area contributed by atoms with Gasteiger partial charge in [-0.1, -0.05) is 0 Å². The summed E-state index contributed by atoms with van der Waals surface area (Å²) < 4.78 is 5.45. The maximum Gasteiger partial charge on any atom is 0.257 e. The van der Waals surface area contributed by atoms with Crippen LogP contribution in [-0.4, -0.2) is 34.4 Å². The van der Waals surface area contributed by atoms with E-state index in [9.17, 15) is 4.79 Å². The Morgan fingerprint density at radius 1 is 1.81 bits per heavy atom. The Labute approximate surface area is 93.5 Å². The SMILES string of the molecule is CC1OCCC1(C)NC(=O)c1cn[nH]c1N. The zero-order valence-electron chi connectivity index (χ0n) is 9.41. The monoisotopic (exact) mass is 224 g/mol. The third-order valence-electron chi connectivity index (χ3n) is 3.20. The number of aromatic amines is 1. The van der Waals surface area contributed by atoms with Crippen molar-refractivity contribution in [3.8, 4) is 0 Å². The van der Waals surface area contributed by atoms with Crippen LogP contribution < -0.4 is 11.1 Å². The number of H-pyrrole nitrogens is 1. The Balaban J connectivity index is 2.11. The van der Waals surface area contributed by atoms with Crippen molar-refractivity contribution < 1.29 is 9.53 Å². The first-order valence-electron chi connectivity index (χ1n) is 5.26. The Bertz CT molecular complexity index is 403. The molecule has 1 aliphatic heterocycles. The van der Waals surface area contributed by atoms with E-state index in [2.05, 4.69) is 15.5 Å². The van der Waals surface area contributed by atoms with E-state index < -0.39 is 0 Å². The maximum absolute atomic E-state index is 11.9. The van der Waals surface area contributed by atoms with Crippen molar-refractivity contribution in [3.05, 3.63) is 11.8 Å². The van der Waals surface area contributed by atoms with Crippen molar-refractivity contribution >= 4 is 11.7 Å². The van der Waals surface area contributed by atoms with Gasteiger partial charge in [0, 0.05) is 6.61 Å². The van der Waals surface area contributed by atoms with Gasteiger partial charge >= 0.3 is 0 Å². The Morgan fingerprint density at radius 3 is 3.06 bits per heavy atom. The zero-order chi connectivity index (χ0) is 11.8. The molecule has 0 radical (unpaired) electrons. The molecule has 0 spiro atoms. The van der Waals surface area contributed by atoms with E-state index in [1.54, 1.807) is 0 Å². The van der Waals surface area contributed by atoms with E-state index in [4.69, 9.17) is 10.5 Å². The number of nitrogens with one attached hydrogen (secondary N) is 2. The molecule has 0 aliphatic carbocycles. The number of nitrogens with zero attached hydrogens (tertiary/aromatic N) is 1. The number of nitrogens with two attached hydrogens (primary N) is 1. The predicted octanol–water partition coefficient (Wildman–Crippen LogP) is 0.289. The molecule has 6 nitrogen and oxygen atoms in total. The Morgan fingerprint density at radius 2 is 2.56 bits per heavy atom. The molecular weight excluding hydrogens is 208 g/mol. The minimum atomic E-state index is -0.333. The lowest BCUT2D eigenvalue weighted by molar-refractivity contribution is 0.0728. The van der Waals surface area contributed by atoms with Crippen molar-refractivity contribution in [2.75, 3.05) is 12.3 Å². The van der Waals surface area contributed by atoms with Gasteiger partial charge in [0.15, 0.2) is 0 Å². The number of ether oxygens (including phenoxy) is 1. The average Bonchev–Trinajstić information content (AvgIpc) is 2.75. The first-order valence-corrected chi connectivity index (χ1v) is 5.26. The van der Waals surface area contributed by atoms with Crippen LogP contribution >= 0.6 is 0 Å². The van der Waals surface area contributed by atoms with Crippen LogP contribution in [0.1, 0.15) is 30.6 Å². The fraction of sp³-hybridized carbons (Fsp3) is 0.600.